The van der Waals surface area contributed by atoms with Gasteiger partial charge in [0.2, 0.25) is 0 Å². The van der Waals surface area contributed by atoms with E-state index in [1.54, 1.807) is 0 Å². The van der Waals surface area contributed by atoms with Gasteiger partial charge in [-0.15, -0.1) is 0 Å². The number of likely N-dealkylation sites (N-methyl/N-ethyl adjacent to an activating group) is 2. The summed E-state index contributed by atoms with van der Waals surface area (Å²) in [4.78, 5) is 2.66. The van der Waals surface area contributed by atoms with E-state index in [2.05, 4.69) is 55.3 Å². The standard InChI is InChI=1S/C17H28N2/c1-4-7-12-19(6-3)16-13-14-10-8-9-11-15(14)17(16)18-5-2/h8-11,16-18H,4-7,12-13H2,1-3H3. The van der Waals surface area contributed by atoms with Gasteiger partial charge in [-0.25, -0.2) is 0 Å². The lowest BCUT2D eigenvalue weighted by Gasteiger charge is -2.32. The SMILES string of the molecule is CCCCN(CC)C1Cc2ccccc2C1NCC. The van der Waals surface area contributed by atoms with Crippen molar-refractivity contribution in [1.82, 2.24) is 10.2 Å². The summed E-state index contributed by atoms with van der Waals surface area (Å²) in [6.07, 6.45) is 3.78. The van der Waals surface area contributed by atoms with Crippen LogP contribution in [-0.2, 0) is 6.42 Å². The van der Waals surface area contributed by atoms with Crippen molar-refractivity contribution in [3.05, 3.63) is 35.4 Å². The summed E-state index contributed by atoms with van der Waals surface area (Å²) in [6, 6.07) is 10.1. The van der Waals surface area contributed by atoms with Crippen molar-refractivity contribution in [2.45, 2.75) is 52.1 Å². The molecule has 1 aliphatic carbocycles. The van der Waals surface area contributed by atoms with Gasteiger partial charge < -0.3 is 5.32 Å². The first-order chi connectivity index (χ1) is 9.31. The van der Waals surface area contributed by atoms with Gasteiger partial charge in [0.25, 0.3) is 0 Å². The summed E-state index contributed by atoms with van der Waals surface area (Å²) in [5.41, 5.74) is 3.05. The lowest BCUT2D eigenvalue weighted by molar-refractivity contribution is 0.172. The third kappa shape index (κ3) is 3.18. The monoisotopic (exact) mass is 260 g/mol. The number of nitrogens with zero attached hydrogens (tertiary/aromatic N) is 1. The van der Waals surface area contributed by atoms with Crippen molar-refractivity contribution >= 4 is 0 Å². The Morgan fingerprint density at radius 2 is 2.00 bits per heavy atom. The zero-order valence-electron chi connectivity index (χ0n) is 12.7. The number of benzene rings is 1. The average Bonchev–Trinajstić information content (AvgIpc) is 2.79. The molecule has 0 heterocycles. The fourth-order valence-electron chi connectivity index (χ4n) is 3.30. The van der Waals surface area contributed by atoms with Crippen LogP contribution in [0.2, 0.25) is 0 Å². The quantitative estimate of drug-likeness (QED) is 0.808. The predicted molar refractivity (Wildman–Crippen MR) is 82.5 cm³/mol. The molecule has 0 saturated heterocycles. The Morgan fingerprint density at radius 3 is 2.68 bits per heavy atom. The van der Waals surface area contributed by atoms with E-state index in [0.29, 0.717) is 12.1 Å². The molecule has 2 unspecified atom stereocenters. The summed E-state index contributed by atoms with van der Waals surface area (Å²) in [5.74, 6) is 0. The lowest BCUT2D eigenvalue weighted by atomic mass is 10.1. The van der Waals surface area contributed by atoms with Gasteiger partial charge in [0.15, 0.2) is 0 Å². The Balaban J connectivity index is 2.16. The molecule has 19 heavy (non-hydrogen) atoms. The molecule has 1 aromatic carbocycles. The first-order valence-electron chi connectivity index (χ1n) is 7.87. The molecule has 2 heteroatoms. The number of fused-ring (bicyclic) bond motifs is 1. The van der Waals surface area contributed by atoms with E-state index in [9.17, 15) is 0 Å². The van der Waals surface area contributed by atoms with Gasteiger partial charge in [0.1, 0.15) is 0 Å². The van der Waals surface area contributed by atoms with Crippen LogP contribution in [0, 0.1) is 0 Å². The van der Waals surface area contributed by atoms with Crippen LogP contribution < -0.4 is 5.32 Å². The van der Waals surface area contributed by atoms with E-state index < -0.39 is 0 Å². The smallest absolute Gasteiger partial charge is 0.0484 e. The van der Waals surface area contributed by atoms with Gasteiger partial charge in [-0.2, -0.15) is 0 Å². The van der Waals surface area contributed by atoms with E-state index >= 15 is 0 Å². The third-order valence-electron chi connectivity index (χ3n) is 4.30. The molecule has 0 aromatic heterocycles. The second-order valence-corrected chi connectivity index (χ2v) is 5.49. The summed E-state index contributed by atoms with van der Waals surface area (Å²) < 4.78 is 0. The molecule has 2 nitrogen and oxygen atoms in total. The van der Waals surface area contributed by atoms with E-state index in [1.165, 1.54) is 36.9 Å². The zero-order chi connectivity index (χ0) is 13.7. The van der Waals surface area contributed by atoms with Crippen LogP contribution in [-0.4, -0.2) is 30.6 Å². The molecule has 0 radical (unpaired) electrons. The van der Waals surface area contributed by atoms with Gasteiger partial charge in [-0.3, -0.25) is 4.90 Å². The van der Waals surface area contributed by atoms with Crippen LogP contribution in [0.1, 0.15) is 50.8 Å². The lowest BCUT2D eigenvalue weighted by Crippen LogP contribution is -2.43. The molecule has 2 rings (SSSR count). The molecule has 0 aliphatic heterocycles. The number of hydrogen-bond donors (Lipinski definition) is 1. The van der Waals surface area contributed by atoms with Crippen molar-refractivity contribution in [3.63, 3.8) is 0 Å². The maximum absolute atomic E-state index is 3.70. The predicted octanol–water partition coefficient (Wildman–Crippen LogP) is 3.38. The van der Waals surface area contributed by atoms with Crippen LogP contribution in [0.5, 0.6) is 0 Å². The zero-order valence-corrected chi connectivity index (χ0v) is 12.7. The summed E-state index contributed by atoms with van der Waals surface area (Å²) >= 11 is 0. The number of unbranched alkanes of at least 4 members (excludes halogenated alkanes) is 1. The maximum atomic E-state index is 3.70. The van der Waals surface area contributed by atoms with Crippen LogP contribution in [0.15, 0.2) is 24.3 Å². The second-order valence-electron chi connectivity index (χ2n) is 5.49. The highest BCUT2D eigenvalue weighted by atomic mass is 15.2. The highest BCUT2D eigenvalue weighted by Crippen LogP contribution is 2.34. The minimum absolute atomic E-state index is 0.512. The van der Waals surface area contributed by atoms with Gasteiger partial charge in [0.05, 0.1) is 0 Å². The molecule has 0 saturated carbocycles. The van der Waals surface area contributed by atoms with Crippen LogP contribution >= 0.6 is 0 Å². The molecule has 0 spiro atoms. The average molecular weight is 260 g/mol. The highest BCUT2D eigenvalue weighted by Gasteiger charge is 2.34. The summed E-state index contributed by atoms with van der Waals surface area (Å²) in [5, 5.41) is 3.70. The largest absolute Gasteiger partial charge is 0.309 e. The van der Waals surface area contributed by atoms with E-state index in [1.807, 2.05) is 0 Å². The van der Waals surface area contributed by atoms with E-state index in [-0.39, 0.29) is 0 Å². The molecule has 2 atom stereocenters. The Bertz CT molecular complexity index is 389. The second kappa shape index (κ2) is 7.06. The van der Waals surface area contributed by atoms with Crippen LogP contribution in [0.25, 0.3) is 0 Å². The molecular weight excluding hydrogens is 232 g/mol. The molecule has 0 fully saturated rings. The van der Waals surface area contributed by atoms with Crippen molar-refractivity contribution in [2.24, 2.45) is 0 Å². The van der Waals surface area contributed by atoms with Crippen molar-refractivity contribution in [1.29, 1.82) is 0 Å². The fraction of sp³-hybridized carbons (Fsp3) is 0.647. The number of rotatable bonds is 7. The maximum Gasteiger partial charge on any atom is 0.0484 e. The van der Waals surface area contributed by atoms with Crippen molar-refractivity contribution < 1.29 is 0 Å². The Morgan fingerprint density at radius 1 is 1.21 bits per heavy atom. The van der Waals surface area contributed by atoms with E-state index in [4.69, 9.17) is 0 Å². The van der Waals surface area contributed by atoms with Crippen LogP contribution in [0.4, 0.5) is 0 Å². The highest BCUT2D eigenvalue weighted by molar-refractivity contribution is 5.37. The number of nitrogens with one attached hydrogen (secondary N) is 1. The molecule has 0 amide bonds. The first kappa shape index (κ1) is 14.5. The molecule has 1 aliphatic rings. The van der Waals surface area contributed by atoms with E-state index in [0.717, 1.165) is 13.1 Å². The van der Waals surface area contributed by atoms with Gasteiger partial charge >= 0.3 is 0 Å². The number of hydrogen-bond acceptors (Lipinski definition) is 2. The molecular formula is C17H28N2. The third-order valence-corrected chi connectivity index (χ3v) is 4.30. The first-order valence-corrected chi connectivity index (χ1v) is 7.87. The molecule has 106 valence electrons. The van der Waals surface area contributed by atoms with Crippen molar-refractivity contribution in [3.8, 4) is 0 Å². The van der Waals surface area contributed by atoms with Crippen molar-refractivity contribution in [2.75, 3.05) is 19.6 Å². The normalized spacial score (nSPS) is 21.9. The molecule has 0 bridgehead atoms. The van der Waals surface area contributed by atoms with Gasteiger partial charge in [0, 0.05) is 12.1 Å². The van der Waals surface area contributed by atoms with Crippen LogP contribution in [0.3, 0.4) is 0 Å². The Kier molecular flexibility index (Phi) is 5.41. The topological polar surface area (TPSA) is 15.3 Å². The Hall–Kier alpha value is -0.860. The summed E-state index contributed by atoms with van der Waals surface area (Å²) in [6.45, 7) is 10.2. The summed E-state index contributed by atoms with van der Waals surface area (Å²) in [7, 11) is 0. The minimum atomic E-state index is 0.512. The Labute approximate surface area is 118 Å². The molecule has 1 N–H and O–H groups in total. The van der Waals surface area contributed by atoms with Gasteiger partial charge in [-0.1, -0.05) is 51.5 Å². The minimum Gasteiger partial charge on any atom is -0.309 e. The van der Waals surface area contributed by atoms with Gasteiger partial charge in [-0.05, 0) is 43.6 Å². The molecule has 1 aromatic rings. The fourth-order valence-corrected chi connectivity index (χ4v) is 3.30.